The van der Waals surface area contributed by atoms with Gasteiger partial charge in [-0.3, -0.25) is 0 Å². The van der Waals surface area contributed by atoms with E-state index in [1.807, 2.05) is 7.05 Å². The molecule has 0 aromatic heterocycles. The first-order chi connectivity index (χ1) is 6.72. The van der Waals surface area contributed by atoms with E-state index in [-0.39, 0.29) is 6.61 Å². The molecule has 14 heavy (non-hydrogen) atoms. The number of hydrogen-bond donors (Lipinski definition) is 2. The van der Waals surface area contributed by atoms with Crippen molar-refractivity contribution >= 4 is 0 Å². The van der Waals surface area contributed by atoms with Crippen molar-refractivity contribution < 1.29 is 10.2 Å². The van der Waals surface area contributed by atoms with Gasteiger partial charge in [-0.1, -0.05) is 19.3 Å². The second kappa shape index (κ2) is 6.38. The monoisotopic (exact) mass is 201 g/mol. The number of hydrogen-bond acceptors (Lipinski definition) is 3. The van der Waals surface area contributed by atoms with Crippen LogP contribution in [0.25, 0.3) is 0 Å². The van der Waals surface area contributed by atoms with Crippen molar-refractivity contribution in [1.29, 1.82) is 0 Å². The summed E-state index contributed by atoms with van der Waals surface area (Å²) in [5.41, 5.74) is 0. The van der Waals surface area contributed by atoms with E-state index in [1.54, 1.807) is 0 Å². The van der Waals surface area contributed by atoms with Crippen LogP contribution < -0.4 is 0 Å². The van der Waals surface area contributed by atoms with Crippen molar-refractivity contribution in [3.63, 3.8) is 0 Å². The molecule has 1 aliphatic carbocycles. The van der Waals surface area contributed by atoms with Crippen LogP contribution in [-0.2, 0) is 0 Å². The SMILES string of the molecule is CN(CC(O)CO)CC1CCCCC1. The molecule has 3 nitrogen and oxygen atoms in total. The highest BCUT2D eigenvalue weighted by molar-refractivity contribution is 4.70. The van der Waals surface area contributed by atoms with Crippen molar-refractivity contribution in [2.24, 2.45) is 5.92 Å². The number of nitrogens with zero attached hydrogens (tertiary/aromatic N) is 1. The number of aliphatic hydroxyl groups excluding tert-OH is 2. The van der Waals surface area contributed by atoms with Gasteiger partial charge in [0, 0.05) is 13.1 Å². The van der Waals surface area contributed by atoms with Gasteiger partial charge in [0.05, 0.1) is 12.7 Å². The maximum absolute atomic E-state index is 9.27. The van der Waals surface area contributed by atoms with Gasteiger partial charge in [-0.25, -0.2) is 0 Å². The Morgan fingerprint density at radius 3 is 2.50 bits per heavy atom. The second-order valence-corrected chi connectivity index (χ2v) is 4.56. The van der Waals surface area contributed by atoms with Crippen LogP contribution in [0.15, 0.2) is 0 Å². The Morgan fingerprint density at radius 2 is 1.93 bits per heavy atom. The molecule has 0 saturated heterocycles. The van der Waals surface area contributed by atoms with E-state index < -0.39 is 6.10 Å². The predicted molar refractivity (Wildman–Crippen MR) is 57.2 cm³/mol. The maximum atomic E-state index is 9.27. The van der Waals surface area contributed by atoms with Crippen molar-refractivity contribution in [2.75, 3.05) is 26.7 Å². The standard InChI is InChI=1S/C11H23NO2/c1-12(8-11(14)9-13)7-10-5-3-2-4-6-10/h10-11,13-14H,2-9H2,1H3. The van der Waals surface area contributed by atoms with E-state index in [0.29, 0.717) is 6.54 Å². The molecule has 1 aliphatic rings. The van der Waals surface area contributed by atoms with Crippen LogP contribution in [0, 0.1) is 5.92 Å². The Kier molecular flexibility index (Phi) is 5.45. The van der Waals surface area contributed by atoms with Crippen LogP contribution in [0.4, 0.5) is 0 Å². The third-order valence-electron chi connectivity index (χ3n) is 3.03. The average Bonchev–Trinajstić information content (AvgIpc) is 2.19. The lowest BCUT2D eigenvalue weighted by molar-refractivity contribution is 0.0605. The van der Waals surface area contributed by atoms with Crippen molar-refractivity contribution in [3.05, 3.63) is 0 Å². The van der Waals surface area contributed by atoms with Gasteiger partial charge >= 0.3 is 0 Å². The molecule has 3 heteroatoms. The molecular formula is C11H23NO2. The van der Waals surface area contributed by atoms with Crippen molar-refractivity contribution in [3.8, 4) is 0 Å². The summed E-state index contributed by atoms with van der Waals surface area (Å²) in [5, 5.41) is 18.0. The molecule has 0 aromatic rings. The molecule has 0 aromatic carbocycles. The number of aliphatic hydroxyl groups is 2. The van der Waals surface area contributed by atoms with Gasteiger partial charge in [-0.2, -0.15) is 0 Å². The third kappa shape index (κ3) is 4.40. The van der Waals surface area contributed by atoms with Crippen LogP contribution in [-0.4, -0.2) is 48.0 Å². The molecule has 1 fully saturated rings. The lowest BCUT2D eigenvalue weighted by Gasteiger charge is -2.27. The zero-order chi connectivity index (χ0) is 10.4. The minimum atomic E-state index is -0.580. The van der Waals surface area contributed by atoms with Gasteiger partial charge in [0.1, 0.15) is 0 Å². The van der Waals surface area contributed by atoms with E-state index in [0.717, 1.165) is 12.5 Å². The summed E-state index contributed by atoms with van der Waals surface area (Å²) in [5.74, 6) is 0.805. The molecule has 84 valence electrons. The molecule has 0 radical (unpaired) electrons. The average molecular weight is 201 g/mol. The van der Waals surface area contributed by atoms with E-state index >= 15 is 0 Å². The summed E-state index contributed by atoms with van der Waals surface area (Å²) >= 11 is 0. The van der Waals surface area contributed by atoms with Crippen LogP contribution in [0.1, 0.15) is 32.1 Å². The molecule has 1 saturated carbocycles. The fourth-order valence-electron chi connectivity index (χ4n) is 2.30. The molecule has 0 spiro atoms. The lowest BCUT2D eigenvalue weighted by atomic mass is 9.89. The highest BCUT2D eigenvalue weighted by Gasteiger charge is 2.16. The van der Waals surface area contributed by atoms with Crippen LogP contribution in [0.2, 0.25) is 0 Å². The minimum Gasteiger partial charge on any atom is -0.394 e. The number of likely N-dealkylation sites (N-methyl/N-ethyl adjacent to an activating group) is 1. The van der Waals surface area contributed by atoms with E-state index in [2.05, 4.69) is 4.90 Å². The van der Waals surface area contributed by atoms with Crippen LogP contribution in [0.3, 0.4) is 0 Å². The molecule has 0 heterocycles. The topological polar surface area (TPSA) is 43.7 Å². The zero-order valence-electron chi connectivity index (χ0n) is 9.15. The van der Waals surface area contributed by atoms with Gasteiger partial charge in [-0.05, 0) is 25.8 Å². The molecule has 0 aliphatic heterocycles. The van der Waals surface area contributed by atoms with E-state index in [1.165, 1.54) is 32.1 Å². The minimum absolute atomic E-state index is 0.130. The summed E-state index contributed by atoms with van der Waals surface area (Å²) in [7, 11) is 2.02. The predicted octanol–water partition coefficient (Wildman–Crippen LogP) is 0.852. The normalized spacial score (nSPS) is 21.4. The van der Waals surface area contributed by atoms with Crippen molar-refractivity contribution in [2.45, 2.75) is 38.2 Å². The Morgan fingerprint density at radius 1 is 1.29 bits per heavy atom. The summed E-state index contributed by atoms with van der Waals surface area (Å²) < 4.78 is 0. The van der Waals surface area contributed by atoms with E-state index in [9.17, 15) is 5.11 Å². The molecule has 0 bridgehead atoms. The van der Waals surface area contributed by atoms with Crippen LogP contribution >= 0.6 is 0 Å². The summed E-state index contributed by atoms with van der Waals surface area (Å²) in [6, 6.07) is 0. The van der Waals surface area contributed by atoms with Gasteiger partial charge in [-0.15, -0.1) is 0 Å². The van der Waals surface area contributed by atoms with Crippen molar-refractivity contribution in [1.82, 2.24) is 4.90 Å². The fraction of sp³-hybridized carbons (Fsp3) is 1.00. The summed E-state index contributed by atoms with van der Waals surface area (Å²) in [6.07, 6.45) is 6.20. The Balaban J connectivity index is 2.14. The zero-order valence-corrected chi connectivity index (χ0v) is 9.15. The largest absolute Gasteiger partial charge is 0.394 e. The van der Waals surface area contributed by atoms with Gasteiger partial charge in [0.2, 0.25) is 0 Å². The van der Waals surface area contributed by atoms with Gasteiger partial charge in [0.15, 0.2) is 0 Å². The lowest BCUT2D eigenvalue weighted by Crippen LogP contribution is -2.35. The fourth-order valence-corrected chi connectivity index (χ4v) is 2.30. The molecule has 1 rings (SSSR count). The Hall–Kier alpha value is -0.120. The first kappa shape index (κ1) is 12.0. The molecule has 1 atom stereocenters. The highest BCUT2D eigenvalue weighted by atomic mass is 16.3. The van der Waals surface area contributed by atoms with E-state index in [4.69, 9.17) is 5.11 Å². The second-order valence-electron chi connectivity index (χ2n) is 4.56. The third-order valence-corrected chi connectivity index (χ3v) is 3.03. The Bertz CT molecular complexity index is 146. The number of rotatable bonds is 5. The van der Waals surface area contributed by atoms with Gasteiger partial charge in [0.25, 0.3) is 0 Å². The Labute approximate surface area is 86.7 Å². The summed E-state index contributed by atoms with van der Waals surface area (Å²) in [4.78, 5) is 2.14. The van der Waals surface area contributed by atoms with Crippen LogP contribution in [0.5, 0.6) is 0 Å². The molecular weight excluding hydrogens is 178 g/mol. The molecule has 2 N–H and O–H groups in total. The first-order valence-electron chi connectivity index (χ1n) is 5.70. The first-order valence-corrected chi connectivity index (χ1v) is 5.70. The molecule has 1 unspecified atom stereocenters. The molecule has 0 amide bonds. The summed E-state index contributed by atoms with van der Waals surface area (Å²) in [6.45, 7) is 1.53. The highest BCUT2D eigenvalue weighted by Crippen LogP contribution is 2.23. The maximum Gasteiger partial charge on any atom is 0.0897 e. The quantitative estimate of drug-likeness (QED) is 0.693. The van der Waals surface area contributed by atoms with Gasteiger partial charge < -0.3 is 15.1 Å². The smallest absolute Gasteiger partial charge is 0.0897 e.